The van der Waals surface area contributed by atoms with Gasteiger partial charge < -0.3 is 29.2 Å². The molecular formula is C24H29N3O6S. The molecule has 34 heavy (non-hydrogen) atoms. The van der Waals surface area contributed by atoms with Gasteiger partial charge in [0.25, 0.3) is 5.91 Å². The van der Waals surface area contributed by atoms with Gasteiger partial charge in [-0.05, 0) is 51.8 Å². The lowest BCUT2D eigenvalue weighted by Gasteiger charge is -2.25. The molecule has 0 fully saturated rings. The lowest BCUT2D eigenvalue weighted by Crippen LogP contribution is -2.35. The van der Waals surface area contributed by atoms with E-state index in [0.717, 1.165) is 10.4 Å². The minimum Gasteiger partial charge on any atom is -0.490 e. The molecule has 1 aromatic heterocycles. The molecule has 1 aromatic carbocycles. The molecule has 0 spiro atoms. The number of nitrogens with one attached hydrogen (secondary N) is 1. The molecule has 0 radical (unpaired) electrons. The molecule has 10 heteroatoms. The summed E-state index contributed by atoms with van der Waals surface area (Å²) < 4.78 is 22.2. The number of rotatable bonds is 9. The van der Waals surface area contributed by atoms with E-state index >= 15 is 0 Å². The Labute approximate surface area is 203 Å². The number of hydrogen-bond donors (Lipinski definition) is 1. The van der Waals surface area contributed by atoms with E-state index in [9.17, 15) is 14.9 Å². The maximum Gasteiger partial charge on any atom is 0.410 e. The molecule has 2 aromatic rings. The summed E-state index contributed by atoms with van der Waals surface area (Å²) >= 11 is 1.30. The highest BCUT2D eigenvalue weighted by atomic mass is 32.1. The first-order valence-corrected chi connectivity index (χ1v) is 12.1. The van der Waals surface area contributed by atoms with Crippen molar-refractivity contribution in [1.29, 1.82) is 5.26 Å². The SMILES string of the molecule is CCOC(=O)N1CCc2c(sc(NC(=O)c3cc(OCC)c(OCC)c(OCC)c3)c2C#N)C1. The molecule has 0 atom stereocenters. The quantitative estimate of drug-likeness (QED) is 0.551. The Bertz CT molecular complexity index is 1060. The summed E-state index contributed by atoms with van der Waals surface area (Å²) in [4.78, 5) is 27.8. The third-order valence-corrected chi connectivity index (χ3v) is 6.23. The van der Waals surface area contributed by atoms with Crippen LogP contribution in [0.5, 0.6) is 17.2 Å². The second-order valence-electron chi connectivity index (χ2n) is 7.24. The van der Waals surface area contributed by atoms with Crippen LogP contribution in [0.4, 0.5) is 9.80 Å². The van der Waals surface area contributed by atoms with Gasteiger partial charge in [0.05, 0.1) is 38.5 Å². The van der Waals surface area contributed by atoms with Crippen molar-refractivity contribution < 1.29 is 28.5 Å². The molecule has 0 saturated carbocycles. The molecule has 1 aliphatic rings. The van der Waals surface area contributed by atoms with Crippen LogP contribution in [0.1, 0.15) is 54.1 Å². The molecule has 3 rings (SSSR count). The number of thiophene rings is 1. The second kappa shape index (κ2) is 11.6. The van der Waals surface area contributed by atoms with Gasteiger partial charge >= 0.3 is 6.09 Å². The van der Waals surface area contributed by atoms with E-state index in [4.69, 9.17) is 18.9 Å². The molecule has 9 nitrogen and oxygen atoms in total. The minimum absolute atomic E-state index is 0.299. The summed E-state index contributed by atoms with van der Waals surface area (Å²) in [6.45, 7) is 9.61. The Balaban J connectivity index is 1.90. The first kappa shape index (κ1) is 25.2. The van der Waals surface area contributed by atoms with Gasteiger partial charge in [0.2, 0.25) is 5.75 Å². The summed E-state index contributed by atoms with van der Waals surface area (Å²) in [7, 11) is 0. The Morgan fingerprint density at radius 1 is 1.06 bits per heavy atom. The van der Waals surface area contributed by atoms with E-state index in [2.05, 4.69) is 11.4 Å². The van der Waals surface area contributed by atoms with Gasteiger partial charge in [-0.1, -0.05) is 0 Å². The summed E-state index contributed by atoms with van der Waals surface area (Å²) in [5, 5.41) is 13.1. The van der Waals surface area contributed by atoms with Crippen LogP contribution in [0.2, 0.25) is 0 Å². The van der Waals surface area contributed by atoms with Crippen LogP contribution >= 0.6 is 11.3 Å². The molecule has 2 heterocycles. The number of nitrogens with zero attached hydrogens (tertiary/aromatic N) is 2. The zero-order chi connectivity index (χ0) is 24.7. The van der Waals surface area contributed by atoms with E-state index in [1.54, 1.807) is 24.0 Å². The maximum atomic E-state index is 13.2. The molecule has 182 valence electrons. The van der Waals surface area contributed by atoms with Gasteiger partial charge in [-0.3, -0.25) is 4.79 Å². The van der Waals surface area contributed by atoms with Crippen LogP contribution in [0.15, 0.2) is 12.1 Å². The van der Waals surface area contributed by atoms with Gasteiger partial charge in [0, 0.05) is 17.0 Å². The number of ether oxygens (including phenoxy) is 4. The third kappa shape index (κ3) is 5.37. The fraction of sp³-hybridized carbons (Fsp3) is 0.458. The average Bonchev–Trinajstić information content (AvgIpc) is 3.17. The number of hydrogen-bond acceptors (Lipinski definition) is 8. The molecule has 2 amide bonds. The highest BCUT2D eigenvalue weighted by molar-refractivity contribution is 7.16. The summed E-state index contributed by atoms with van der Waals surface area (Å²) in [6.07, 6.45) is 0.141. The van der Waals surface area contributed by atoms with Crippen molar-refractivity contribution in [3.05, 3.63) is 33.7 Å². The van der Waals surface area contributed by atoms with E-state index < -0.39 is 5.91 Å². The summed E-state index contributed by atoms with van der Waals surface area (Å²) in [5.74, 6) is 0.876. The van der Waals surface area contributed by atoms with Gasteiger partial charge in [0.15, 0.2) is 11.5 Å². The number of benzene rings is 1. The fourth-order valence-electron chi connectivity index (χ4n) is 3.68. The molecule has 0 saturated heterocycles. The standard InChI is InChI=1S/C24H29N3O6S/c1-5-30-18-11-15(12-19(31-6-2)21(18)32-7-3)22(28)26-23-17(13-25)16-9-10-27(14-20(16)34-23)24(29)33-8-4/h11-12H,5-10,14H2,1-4H3,(H,26,28). The smallest absolute Gasteiger partial charge is 0.410 e. The molecular weight excluding hydrogens is 458 g/mol. The van der Waals surface area contributed by atoms with Crippen LogP contribution < -0.4 is 19.5 Å². The van der Waals surface area contributed by atoms with Crippen LogP contribution in [0.25, 0.3) is 0 Å². The van der Waals surface area contributed by atoms with Crippen LogP contribution in [-0.4, -0.2) is 49.9 Å². The first-order valence-electron chi connectivity index (χ1n) is 11.3. The minimum atomic E-state index is -0.401. The van der Waals surface area contributed by atoms with Crippen molar-refractivity contribution in [3.8, 4) is 23.3 Å². The van der Waals surface area contributed by atoms with Crippen molar-refractivity contribution in [2.24, 2.45) is 0 Å². The Hall–Kier alpha value is -3.45. The topological polar surface area (TPSA) is 110 Å². The highest BCUT2D eigenvalue weighted by Crippen LogP contribution is 2.40. The van der Waals surface area contributed by atoms with Crippen molar-refractivity contribution >= 4 is 28.3 Å². The Morgan fingerprint density at radius 2 is 1.71 bits per heavy atom. The van der Waals surface area contributed by atoms with Gasteiger partial charge in [-0.2, -0.15) is 5.26 Å². The molecule has 1 aliphatic heterocycles. The van der Waals surface area contributed by atoms with Crippen molar-refractivity contribution in [2.45, 2.75) is 40.7 Å². The van der Waals surface area contributed by atoms with Gasteiger partial charge in [-0.15, -0.1) is 11.3 Å². The molecule has 0 unspecified atom stereocenters. The van der Waals surface area contributed by atoms with E-state index in [-0.39, 0.29) is 6.09 Å². The number of carbonyl (C=O) groups is 2. The lowest BCUT2D eigenvalue weighted by atomic mass is 10.0. The molecule has 0 bridgehead atoms. The average molecular weight is 488 g/mol. The molecule has 0 aliphatic carbocycles. The zero-order valence-corrected chi connectivity index (χ0v) is 20.7. The van der Waals surface area contributed by atoms with Crippen molar-refractivity contribution in [3.63, 3.8) is 0 Å². The number of fused-ring (bicyclic) bond motifs is 1. The maximum absolute atomic E-state index is 13.2. The number of anilines is 1. The first-order chi connectivity index (χ1) is 16.5. The second-order valence-corrected chi connectivity index (χ2v) is 8.35. The predicted octanol–water partition coefficient (Wildman–Crippen LogP) is 4.58. The van der Waals surface area contributed by atoms with Crippen molar-refractivity contribution in [2.75, 3.05) is 38.3 Å². The largest absolute Gasteiger partial charge is 0.490 e. The fourth-order valence-corrected chi connectivity index (χ4v) is 4.88. The predicted molar refractivity (Wildman–Crippen MR) is 128 cm³/mol. The van der Waals surface area contributed by atoms with Gasteiger partial charge in [0.1, 0.15) is 11.1 Å². The van der Waals surface area contributed by atoms with Crippen molar-refractivity contribution in [1.82, 2.24) is 4.90 Å². The van der Waals surface area contributed by atoms with Crippen LogP contribution in [0, 0.1) is 11.3 Å². The number of nitriles is 1. The summed E-state index contributed by atoms with van der Waals surface area (Å²) in [6, 6.07) is 5.42. The van der Waals surface area contributed by atoms with Gasteiger partial charge in [-0.25, -0.2) is 4.79 Å². The highest BCUT2D eigenvalue weighted by Gasteiger charge is 2.28. The normalized spacial score (nSPS) is 12.4. The van der Waals surface area contributed by atoms with Crippen LogP contribution in [0.3, 0.4) is 0 Å². The third-order valence-electron chi connectivity index (χ3n) is 5.09. The van der Waals surface area contributed by atoms with Crippen LogP contribution in [-0.2, 0) is 17.7 Å². The number of amides is 2. The van der Waals surface area contributed by atoms with E-state index in [1.165, 1.54) is 11.3 Å². The lowest BCUT2D eigenvalue weighted by molar-refractivity contribution is 0.102. The summed E-state index contributed by atoms with van der Waals surface area (Å²) in [5.41, 5.74) is 1.61. The Kier molecular flexibility index (Phi) is 8.60. The monoisotopic (exact) mass is 487 g/mol. The van der Waals surface area contributed by atoms with E-state index in [0.29, 0.717) is 79.3 Å². The zero-order valence-electron chi connectivity index (χ0n) is 19.9. The van der Waals surface area contributed by atoms with E-state index in [1.807, 2.05) is 20.8 Å². The number of carbonyl (C=O) groups excluding carboxylic acids is 2. The molecule has 1 N–H and O–H groups in total. The Morgan fingerprint density at radius 3 is 2.26 bits per heavy atom.